The summed E-state index contributed by atoms with van der Waals surface area (Å²) in [4.78, 5) is 24.2. The minimum Gasteiger partial charge on any atom is -0.457 e. The van der Waals surface area contributed by atoms with E-state index in [1.54, 1.807) is 54.6 Å². The molecule has 6 nitrogen and oxygen atoms in total. The number of anilines is 2. The van der Waals surface area contributed by atoms with Crippen molar-refractivity contribution < 1.29 is 14.3 Å². The number of carbonyl (C=O) groups is 2. The molecule has 3 aromatic carbocycles. The van der Waals surface area contributed by atoms with Crippen LogP contribution in [-0.2, 0) is 0 Å². The molecule has 0 radical (unpaired) electrons. The highest BCUT2D eigenvalue weighted by molar-refractivity contribution is 6.04. The van der Waals surface area contributed by atoms with Crippen LogP contribution in [0.3, 0.4) is 0 Å². The second-order valence-corrected chi connectivity index (χ2v) is 6.10. The zero-order chi connectivity index (χ0) is 20.5. The van der Waals surface area contributed by atoms with Crippen LogP contribution >= 0.6 is 0 Å². The zero-order valence-electron chi connectivity index (χ0n) is 15.7. The third-order valence-corrected chi connectivity index (χ3v) is 3.88. The number of carbonyl (C=O) groups excluding carboxylic acids is 2. The van der Waals surface area contributed by atoms with Crippen molar-refractivity contribution in [2.24, 2.45) is 0 Å². The van der Waals surface area contributed by atoms with Gasteiger partial charge in [0.2, 0.25) is 0 Å². The van der Waals surface area contributed by atoms with E-state index in [1.807, 2.05) is 30.3 Å². The molecule has 0 atom stereocenters. The van der Waals surface area contributed by atoms with E-state index >= 15 is 0 Å². The van der Waals surface area contributed by atoms with Crippen LogP contribution in [0.15, 0.2) is 91.5 Å². The minimum absolute atomic E-state index is 0.257. The summed E-state index contributed by atoms with van der Waals surface area (Å²) in [7, 11) is 0. The summed E-state index contributed by atoms with van der Waals surface area (Å²) >= 11 is 0. The van der Waals surface area contributed by atoms with E-state index in [0.717, 1.165) is 0 Å². The first kappa shape index (κ1) is 19.7. The maximum atomic E-state index is 12.5. The topological polar surface area (TPSA) is 79.5 Å². The lowest BCUT2D eigenvalue weighted by molar-refractivity contribution is 0.102. The number of ether oxygens (including phenoxy) is 1. The second kappa shape index (κ2) is 9.75. The van der Waals surface area contributed by atoms with E-state index in [-0.39, 0.29) is 11.9 Å². The molecular formula is C23H21N3O3. The third kappa shape index (κ3) is 5.97. The summed E-state index contributed by atoms with van der Waals surface area (Å²) in [5.41, 5.74) is 1.70. The van der Waals surface area contributed by atoms with Gasteiger partial charge >= 0.3 is 6.03 Å². The molecule has 3 rings (SSSR count). The largest absolute Gasteiger partial charge is 0.457 e. The lowest BCUT2D eigenvalue weighted by Crippen LogP contribution is -2.28. The van der Waals surface area contributed by atoms with Crippen molar-refractivity contribution in [3.05, 3.63) is 97.1 Å². The van der Waals surface area contributed by atoms with Crippen molar-refractivity contribution in [3.63, 3.8) is 0 Å². The van der Waals surface area contributed by atoms with Gasteiger partial charge in [-0.2, -0.15) is 0 Å². The van der Waals surface area contributed by atoms with Gasteiger partial charge in [-0.05, 0) is 54.6 Å². The first-order valence-corrected chi connectivity index (χ1v) is 9.04. The predicted octanol–water partition coefficient (Wildman–Crippen LogP) is 5.04. The Morgan fingerprint density at radius 3 is 2.17 bits per heavy atom. The molecule has 0 unspecified atom stereocenters. The molecule has 146 valence electrons. The van der Waals surface area contributed by atoms with Gasteiger partial charge < -0.3 is 20.7 Å². The number of hydrogen-bond acceptors (Lipinski definition) is 3. The highest BCUT2D eigenvalue weighted by atomic mass is 16.5. The molecule has 0 aliphatic heterocycles. The lowest BCUT2D eigenvalue weighted by atomic mass is 10.2. The molecule has 0 aliphatic rings. The summed E-state index contributed by atoms with van der Waals surface area (Å²) < 4.78 is 5.77. The maximum absolute atomic E-state index is 12.5. The Morgan fingerprint density at radius 2 is 1.48 bits per heavy atom. The van der Waals surface area contributed by atoms with Gasteiger partial charge in [-0.25, -0.2) is 4.79 Å². The normalized spacial score (nSPS) is 9.93. The first-order chi connectivity index (χ1) is 14.1. The number of urea groups is 1. The SMILES string of the molecule is C=CCNC(=O)Nc1ccc(NC(=O)c2cccc(Oc3ccccc3)c2)cc1. The summed E-state index contributed by atoms with van der Waals surface area (Å²) in [5.74, 6) is 1.02. The number of nitrogens with one attached hydrogen (secondary N) is 3. The van der Waals surface area contributed by atoms with Gasteiger partial charge in [0, 0.05) is 23.5 Å². The third-order valence-electron chi connectivity index (χ3n) is 3.88. The van der Waals surface area contributed by atoms with Gasteiger partial charge in [0.25, 0.3) is 5.91 Å². The highest BCUT2D eigenvalue weighted by Gasteiger charge is 2.08. The van der Waals surface area contributed by atoms with Crippen LogP contribution in [0.1, 0.15) is 10.4 Å². The van der Waals surface area contributed by atoms with Crippen LogP contribution in [0.25, 0.3) is 0 Å². The quantitative estimate of drug-likeness (QED) is 0.497. The van der Waals surface area contributed by atoms with E-state index in [9.17, 15) is 9.59 Å². The van der Waals surface area contributed by atoms with Gasteiger partial charge in [-0.15, -0.1) is 6.58 Å². The van der Waals surface area contributed by atoms with Crippen LogP contribution in [0.4, 0.5) is 16.2 Å². The monoisotopic (exact) mass is 387 g/mol. The number of para-hydroxylation sites is 1. The highest BCUT2D eigenvalue weighted by Crippen LogP contribution is 2.22. The van der Waals surface area contributed by atoms with Crippen molar-refractivity contribution in [2.75, 3.05) is 17.2 Å². The van der Waals surface area contributed by atoms with Crippen LogP contribution in [0.2, 0.25) is 0 Å². The summed E-state index contributed by atoms with van der Waals surface area (Å²) in [6.45, 7) is 3.92. The Labute approximate surface area is 169 Å². The van der Waals surface area contributed by atoms with Gasteiger partial charge in [-0.1, -0.05) is 30.3 Å². The molecule has 0 heterocycles. The van der Waals surface area contributed by atoms with Crippen molar-refractivity contribution in [1.29, 1.82) is 0 Å². The summed E-state index contributed by atoms with van der Waals surface area (Å²) in [5, 5.41) is 8.14. The molecule has 3 N–H and O–H groups in total. The Kier molecular flexibility index (Phi) is 6.62. The van der Waals surface area contributed by atoms with Crippen molar-refractivity contribution >= 4 is 23.3 Å². The number of hydrogen-bond donors (Lipinski definition) is 3. The van der Waals surface area contributed by atoms with Gasteiger partial charge in [0.05, 0.1) is 0 Å². The average Bonchev–Trinajstić information content (AvgIpc) is 2.74. The van der Waals surface area contributed by atoms with E-state index in [1.165, 1.54) is 0 Å². The predicted molar refractivity (Wildman–Crippen MR) is 115 cm³/mol. The fourth-order valence-corrected chi connectivity index (χ4v) is 2.51. The maximum Gasteiger partial charge on any atom is 0.319 e. The molecule has 0 aromatic heterocycles. The van der Waals surface area contributed by atoms with Crippen molar-refractivity contribution in [3.8, 4) is 11.5 Å². The molecule has 29 heavy (non-hydrogen) atoms. The fraction of sp³-hybridized carbons (Fsp3) is 0.0435. The van der Waals surface area contributed by atoms with Gasteiger partial charge in [-0.3, -0.25) is 4.79 Å². The molecule has 0 spiro atoms. The summed E-state index contributed by atoms with van der Waals surface area (Å²) in [6, 6.07) is 22.8. The second-order valence-electron chi connectivity index (χ2n) is 6.10. The van der Waals surface area contributed by atoms with E-state index in [0.29, 0.717) is 35.0 Å². The number of rotatable bonds is 7. The van der Waals surface area contributed by atoms with Crippen LogP contribution in [-0.4, -0.2) is 18.5 Å². The Hall–Kier alpha value is -4.06. The fourth-order valence-electron chi connectivity index (χ4n) is 2.51. The molecule has 3 aromatic rings. The molecule has 0 saturated heterocycles. The number of amides is 3. The molecule has 0 saturated carbocycles. The molecule has 0 bridgehead atoms. The molecule has 6 heteroatoms. The van der Waals surface area contributed by atoms with Crippen molar-refractivity contribution in [1.82, 2.24) is 5.32 Å². The molecule has 0 fully saturated rings. The smallest absolute Gasteiger partial charge is 0.319 e. The average molecular weight is 387 g/mol. The number of benzene rings is 3. The molecule has 0 aliphatic carbocycles. The van der Waals surface area contributed by atoms with Gasteiger partial charge in [0.15, 0.2) is 0 Å². The van der Waals surface area contributed by atoms with E-state index < -0.39 is 0 Å². The minimum atomic E-state index is -0.322. The Balaban J connectivity index is 1.60. The van der Waals surface area contributed by atoms with E-state index in [4.69, 9.17) is 4.74 Å². The Morgan fingerprint density at radius 1 is 0.828 bits per heavy atom. The zero-order valence-corrected chi connectivity index (χ0v) is 15.7. The van der Waals surface area contributed by atoms with Crippen LogP contribution in [0.5, 0.6) is 11.5 Å². The van der Waals surface area contributed by atoms with Gasteiger partial charge in [0.1, 0.15) is 11.5 Å². The van der Waals surface area contributed by atoms with E-state index in [2.05, 4.69) is 22.5 Å². The van der Waals surface area contributed by atoms with Crippen molar-refractivity contribution in [2.45, 2.75) is 0 Å². The lowest BCUT2D eigenvalue weighted by Gasteiger charge is -2.10. The first-order valence-electron chi connectivity index (χ1n) is 9.04. The summed E-state index contributed by atoms with van der Waals surface area (Å²) in [6.07, 6.45) is 1.60. The molecule has 3 amide bonds. The van der Waals surface area contributed by atoms with Crippen LogP contribution in [0, 0.1) is 0 Å². The van der Waals surface area contributed by atoms with Crippen LogP contribution < -0.4 is 20.7 Å². The standard InChI is InChI=1S/C23H21N3O3/c1-2-15-24-23(28)26-19-13-11-18(12-14-19)25-22(27)17-7-6-10-21(16-17)29-20-8-4-3-5-9-20/h2-14,16H,1,15H2,(H,25,27)(H2,24,26,28). The Bertz CT molecular complexity index is 986. The molecular weight excluding hydrogens is 366 g/mol.